The van der Waals surface area contributed by atoms with Crippen molar-refractivity contribution in [1.82, 2.24) is 5.32 Å². The van der Waals surface area contributed by atoms with Crippen molar-refractivity contribution in [3.63, 3.8) is 0 Å². The molecule has 2 bridgehead atoms. The zero-order valence-corrected chi connectivity index (χ0v) is 25.0. The summed E-state index contributed by atoms with van der Waals surface area (Å²) in [6.07, 6.45) is 5.11. The number of ketones is 2. The molecule has 1 aliphatic heterocycles. The Hall–Kier alpha value is -3.38. The van der Waals surface area contributed by atoms with Gasteiger partial charge in [-0.05, 0) is 37.8 Å². The number of nitrogens with one attached hydrogen (secondary N) is 1. The van der Waals surface area contributed by atoms with Crippen molar-refractivity contribution in [3.05, 3.63) is 58.9 Å². The molecular formula is C30H42N2O9. The fourth-order valence-electron chi connectivity index (χ4n) is 5.21. The van der Waals surface area contributed by atoms with Gasteiger partial charge in [0.1, 0.15) is 6.10 Å². The van der Waals surface area contributed by atoms with Crippen molar-refractivity contribution in [2.24, 2.45) is 17.6 Å². The molecule has 0 radical (unpaired) electrons. The normalized spacial score (nSPS) is 33.9. The third-order valence-electron chi connectivity index (χ3n) is 7.27. The molecule has 226 valence electrons. The summed E-state index contributed by atoms with van der Waals surface area (Å²) in [5.74, 6) is -2.04. The number of methoxy groups -OCH3 is 4. The van der Waals surface area contributed by atoms with E-state index in [1.165, 1.54) is 26.4 Å². The predicted octanol–water partition coefficient (Wildman–Crippen LogP) is 2.71. The molecule has 7 unspecified atom stereocenters. The zero-order chi connectivity index (χ0) is 30.9. The second kappa shape index (κ2) is 15.6. The van der Waals surface area contributed by atoms with Gasteiger partial charge in [0.05, 0.1) is 24.0 Å². The van der Waals surface area contributed by atoms with E-state index in [0.29, 0.717) is 12.0 Å². The minimum absolute atomic E-state index is 0.141. The number of hydrogen-bond acceptors (Lipinski definition) is 9. The van der Waals surface area contributed by atoms with E-state index in [1.807, 2.05) is 19.9 Å². The summed E-state index contributed by atoms with van der Waals surface area (Å²) in [6.45, 7) is 7.17. The fourth-order valence-corrected chi connectivity index (χ4v) is 5.21. The minimum Gasteiger partial charge on any atom is -0.439 e. The molecule has 11 heteroatoms. The summed E-state index contributed by atoms with van der Waals surface area (Å²) >= 11 is 0. The van der Waals surface area contributed by atoms with Gasteiger partial charge >= 0.3 is 6.09 Å². The number of primary amides is 1. The van der Waals surface area contributed by atoms with E-state index in [2.05, 4.69) is 5.32 Å². The topological polar surface area (TPSA) is 152 Å². The van der Waals surface area contributed by atoms with E-state index in [-0.39, 0.29) is 28.7 Å². The molecular weight excluding hydrogens is 532 g/mol. The van der Waals surface area contributed by atoms with E-state index in [0.717, 1.165) is 6.08 Å². The second-order valence-corrected chi connectivity index (χ2v) is 10.2. The lowest BCUT2D eigenvalue weighted by Gasteiger charge is -2.34. The molecule has 0 aromatic rings. The van der Waals surface area contributed by atoms with Crippen LogP contribution in [0.1, 0.15) is 34.1 Å². The molecule has 2 amide bonds. The molecule has 1 heterocycles. The van der Waals surface area contributed by atoms with Crippen LogP contribution in [0.4, 0.5) is 4.79 Å². The van der Waals surface area contributed by atoms with Crippen LogP contribution < -0.4 is 11.1 Å². The van der Waals surface area contributed by atoms with Crippen LogP contribution in [0.5, 0.6) is 0 Å². The van der Waals surface area contributed by atoms with Crippen molar-refractivity contribution in [2.75, 3.05) is 28.4 Å². The van der Waals surface area contributed by atoms with E-state index >= 15 is 0 Å². The summed E-state index contributed by atoms with van der Waals surface area (Å²) < 4.78 is 28.4. The predicted molar refractivity (Wildman–Crippen MR) is 152 cm³/mol. The highest BCUT2D eigenvalue weighted by atomic mass is 16.6. The Morgan fingerprint density at radius 3 is 2.20 bits per heavy atom. The third-order valence-corrected chi connectivity index (χ3v) is 7.27. The molecule has 7 atom stereocenters. The minimum atomic E-state index is -0.972. The number of amides is 2. The molecule has 0 fully saturated rings. The number of ether oxygens (including phenoxy) is 5. The Morgan fingerprint density at radius 1 is 0.951 bits per heavy atom. The highest BCUT2D eigenvalue weighted by molar-refractivity contribution is 6.22. The Bertz CT molecular complexity index is 1150. The molecule has 11 nitrogen and oxygen atoms in total. The summed E-state index contributed by atoms with van der Waals surface area (Å²) in [5.41, 5.74) is 6.29. The van der Waals surface area contributed by atoms with Crippen molar-refractivity contribution in [2.45, 2.75) is 64.6 Å². The number of rotatable bonds is 5. The first-order valence-electron chi connectivity index (χ1n) is 13.3. The molecule has 1 aliphatic carbocycles. The van der Waals surface area contributed by atoms with E-state index in [9.17, 15) is 19.2 Å². The molecule has 2 aliphatic rings. The van der Waals surface area contributed by atoms with Crippen LogP contribution in [-0.2, 0) is 38.1 Å². The molecule has 0 spiro atoms. The van der Waals surface area contributed by atoms with Crippen molar-refractivity contribution in [3.8, 4) is 0 Å². The van der Waals surface area contributed by atoms with Gasteiger partial charge in [0.15, 0.2) is 11.9 Å². The first-order valence-corrected chi connectivity index (χ1v) is 13.3. The smallest absolute Gasteiger partial charge is 0.405 e. The van der Waals surface area contributed by atoms with Gasteiger partial charge in [-0.25, -0.2) is 4.79 Å². The molecule has 3 N–H and O–H groups in total. The van der Waals surface area contributed by atoms with E-state index < -0.39 is 54.1 Å². The van der Waals surface area contributed by atoms with Gasteiger partial charge in [-0.1, -0.05) is 38.2 Å². The maximum absolute atomic E-state index is 13.4. The van der Waals surface area contributed by atoms with Crippen molar-refractivity contribution >= 4 is 23.6 Å². The summed E-state index contributed by atoms with van der Waals surface area (Å²) in [6, 6.07) is 0. The van der Waals surface area contributed by atoms with Gasteiger partial charge in [0.2, 0.25) is 5.78 Å². The lowest BCUT2D eigenvalue weighted by Crippen LogP contribution is -2.41. The van der Waals surface area contributed by atoms with Gasteiger partial charge in [-0.2, -0.15) is 0 Å². The maximum Gasteiger partial charge on any atom is 0.405 e. The Morgan fingerprint density at radius 2 is 1.63 bits per heavy atom. The Labute approximate surface area is 241 Å². The average molecular weight is 575 g/mol. The molecule has 0 saturated carbocycles. The average Bonchev–Trinajstić information content (AvgIpc) is 2.91. The second-order valence-electron chi connectivity index (χ2n) is 10.2. The number of carbonyl (C=O) groups is 4. The van der Waals surface area contributed by atoms with Crippen LogP contribution in [0.15, 0.2) is 58.9 Å². The Kier molecular flexibility index (Phi) is 12.8. The van der Waals surface area contributed by atoms with Crippen LogP contribution in [0, 0.1) is 11.8 Å². The van der Waals surface area contributed by atoms with Gasteiger partial charge in [-0.3, -0.25) is 14.4 Å². The van der Waals surface area contributed by atoms with Crippen molar-refractivity contribution < 1.29 is 42.9 Å². The number of carbonyl (C=O) groups excluding carboxylic acids is 4. The highest BCUT2D eigenvalue weighted by Crippen LogP contribution is 2.30. The largest absolute Gasteiger partial charge is 0.439 e. The highest BCUT2D eigenvalue weighted by Gasteiger charge is 2.36. The zero-order valence-electron chi connectivity index (χ0n) is 25.0. The van der Waals surface area contributed by atoms with Crippen LogP contribution in [0.3, 0.4) is 0 Å². The first-order chi connectivity index (χ1) is 19.4. The molecule has 2 rings (SSSR count). The van der Waals surface area contributed by atoms with Gasteiger partial charge in [0, 0.05) is 51.6 Å². The fraction of sp³-hybridized carbons (Fsp3) is 0.533. The number of allylic oxidation sites excluding steroid dienone is 5. The molecule has 0 aromatic carbocycles. The SMILES string of the molecule is COC1/C=C\C=C(/C)C(=O)NC2=CC(=O)C=C(C2=O)C(OC)C(C)CC(OC)C(OC)C(C)/C=C(/C)C1OC(N)=O. The lowest BCUT2D eigenvalue weighted by atomic mass is 9.84. The maximum atomic E-state index is 13.4. The standard InChI is InChI=1S/C30H42N2O9/c1-16-10-9-11-23(37-5)28(41-30(31)36)18(3)12-17(2)27(40-8)24(38-6)13-19(4)26(39-7)21-14-20(33)15-22(25(21)34)32-29(16)35/h9-12,14-15,17,19,23-24,26-28H,13H2,1-8H3,(H2,31,36)(H,32,35)/b11-9-,16-10+,18-12-. The van der Waals surface area contributed by atoms with E-state index in [4.69, 9.17) is 29.4 Å². The molecule has 41 heavy (non-hydrogen) atoms. The summed E-state index contributed by atoms with van der Waals surface area (Å²) in [7, 11) is 6.05. The van der Waals surface area contributed by atoms with Crippen LogP contribution in [0.2, 0.25) is 0 Å². The third kappa shape index (κ3) is 8.80. The quantitative estimate of drug-likeness (QED) is 0.373. The number of hydrogen-bond donors (Lipinski definition) is 2. The number of nitrogens with two attached hydrogens (primary N) is 1. The molecule has 0 saturated heterocycles. The summed E-state index contributed by atoms with van der Waals surface area (Å²) in [4.78, 5) is 50.6. The summed E-state index contributed by atoms with van der Waals surface area (Å²) in [5, 5.41) is 2.54. The van der Waals surface area contributed by atoms with E-state index in [1.54, 1.807) is 40.2 Å². The number of Topliss-reactive ketones (excluding diaryl/α,β-unsaturated/α-hetero) is 1. The van der Waals surface area contributed by atoms with Crippen LogP contribution >= 0.6 is 0 Å². The first kappa shape index (κ1) is 33.8. The van der Waals surface area contributed by atoms with Crippen LogP contribution in [0.25, 0.3) is 0 Å². The monoisotopic (exact) mass is 574 g/mol. The molecule has 0 aromatic heterocycles. The van der Waals surface area contributed by atoms with Crippen LogP contribution in [-0.4, -0.2) is 82.5 Å². The van der Waals surface area contributed by atoms with Gasteiger partial charge in [-0.15, -0.1) is 0 Å². The van der Waals surface area contributed by atoms with Crippen molar-refractivity contribution in [1.29, 1.82) is 0 Å². The number of fused-ring (bicyclic) bond motifs is 2. The van der Waals surface area contributed by atoms with Gasteiger partial charge in [0.25, 0.3) is 5.91 Å². The van der Waals surface area contributed by atoms with Gasteiger partial charge < -0.3 is 34.7 Å². The lowest BCUT2D eigenvalue weighted by molar-refractivity contribution is -0.120. The Balaban J connectivity index is 2.66.